The minimum Gasteiger partial charge on any atom is -0.508 e. The normalized spacial score (nSPS) is 11.4. The molecule has 39 heavy (non-hydrogen) atoms. The van der Waals surface area contributed by atoms with Crippen molar-refractivity contribution in [3.8, 4) is 11.5 Å². The number of aromatic nitrogens is 1. The molecule has 0 aliphatic rings. The molecule has 1 atom stereocenters. The van der Waals surface area contributed by atoms with Crippen molar-refractivity contribution >= 4 is 40.6 Å². The number of hydrogen-bond acceptors (Lipinski definition) is 8. The fourth-order valence-corrected chi connectivity index (χ4v) is 4.74. The Bertz CT molecular complexity index is 1470. The standard InChI is InChI=1S/C28H27N5O5S/c1-2-38-21-11-7-6-10-20(21)33(28(37)25-22(29)23(26(30)35)32-39-25)24(18-12-14-19(34)15-13-18)27(36)31-16-17-8-4-3-5-9-17/h3-15,24,34H,2,16,29H2,1H3,(H2,30,35)(H,31,36)/t24-/m0/s1. The zero-order chi connectivity index (χ0) is 27.9. The Labute approximate surface area is 229 Å². The summed E-state index contributed by atoms with van der Waals surface area (Å²) < 4.78 is 9.77. The van der Waals surface area contributed by atoms with Gasteiger partial charge in [-0.15, -0.1) is 0 Å². The Balaban J connectivity index is 1.87. The third-order valence-electron chi connectivity index (χ3n) is 5.82. The molecule has 3 aromatic carbocycles. The number of carbonyl (C=O) groups excluding carboxylic acids is 3. The number of para-hydroxylation sites is 2. The number of amides is 3. The van der Waals surface area contributed by atoms with Gasteiger partial charge in [-0.2, -0.15) is 4.37 Å². The fraction of sp³-hybridized carbons (Fsp3) is 0.143. The van der Waals surface area contributed by atoms with Crippen LogP contribution in [0.25, 0.3) is 0 Å². The second-order valence-electron chi connectivity index (χ2n) is 8.41. The van der Waals surface area contributed by atoms with E-state index < -0.39 is 23.8 Å². The summed E-state index contributed by atoms with van der Waals surface area (Å²) >= 11 is 0.712. The second-order valence-corrected chi connectivity index (χ2v) is 9.18. The number of nitrogen functional groups attached to an aromatic ring is 1. The predicted octanol–water partition coefficient (Wildman–Crippen LogP) is 3.63. The van der Waals surface area contributed by atoms with Crippen LogP contribution >= 0.6 is 11.5 Å². The number of benzene rings is 3. The Morgan fingerprint density at radius 1 is 1.03 bits per heavy atom. The number of carbonyl (C=O) groups is 3. The number of rotatable bonds is 10. The summed E-state index contributed by atoms with van der Waals surface area (Å²) in [5, 5.41) is 12.8. The van der Waals surface area contributed by atoms with Gasteiger partial charge in [0.2, 0.25) is 5.91 Å². The summed E-state index contributed by atoms with van der Waals surface area (Å²) in [6.45, 7) is 2.31. The minimum absolute atomic E-state index is 0.00686. The van der Waals surface area contributed by atoms with Gasteiger partial charge in [-0.25, -0.2) is 0 Å². The average Bonchev–Trinajstić information content (AvgIpc) is 3.33. The molecule has 0 bridgehead atoms. The molecule has 0 unspecified atom stereocenters. The molecule has 3 amide bonds. The van der Waals surface area contributed by atoms with Gasteiger partial charge in [-0.1, -0.05) is 54.6 Å². The lowest BCUT2D eigenvalue weighted by molar-refractivity contribution is -0.122. The zero-order valence-electron chi connectivity index (χ0n) is 21.0. The van der Waals surface area contributed by atoms with Crippen LogP contribution in [0.4, 0.5) is 11.4 Å². The Morgan fingerprint density at radius 3 is 2.33 bits per heavy atom. The highest BCUT2D eigenvalue weighted by Crippen LogP contribution is 2.38. The first-order valence-electron chi connectivity index (χ1n) is 12.0. The third-order valence-corrected chi connectivity index (χ3v) is 6.67. The topological polar surface area (TPSA) is 161 Å². The van der Waals surface area contributed by atoms with Gasteiger partial charge in [-0.05, 0) is 53.8 Å². The number of hydrogen-bond donors (Lipinski definition) is 4. The first-order valence-corrected chi connectivity index (χ1v) is 12.8. The van der Waals surface area contributed by atoms with E-state index in [1.807, 2.05) is 30.3 Å². The molecular weight excluding hydrogens is 518 g/mol. The van der Waals surface area contributed by atoms with Gasteiger partial charge in [0, 0.05) is 6.54 Å². The van der Waals surface area contributed by atoms with Crippen LogP contribution in [-0.2, 0) is 11.3 Å². The number of nitrogens with two attached hydrogens (primary N) is 2. The summed E-state index contributed by atoms with van der Waals surface area (Å²) in [5.41, 5.74) is 12.7. The molecule has 11 heteroatoms. The lowest BCUT2D eigenvalue weighted by Gasteiger charge is -2.32. The van der Waals surface area contributed by atoms with Crippen LogP contribution in [0.1, 0.15) is 44.3 Å². The molecular formula is C28H27N5O5S. The van der Waals surface area contributed by atoms with Crippen LogP contribution in [-0.4, -0.2) is 33.8 Å². The van der Waals surface area contributed by atoms with E-state index in [0.29, 0.717) is 35.1 Å². The number of ether oxygens (including phenoxy) is 1. The molecule has 6 N–H and O–H groups in total. The Hall–Kier alpha value is -4.90. The van der Waals surface area contributed by atoms with E-state index in [0.717, 1.165) is 5.56 Å². The summed E-state index contributed by atoms with van der Waals surface area (Å²) in [6, 6.07) is 20.8. The Kier molecular flexibility index (Phi) is 8.42. The van der Waals surface area contributed by atoms with E-state index in [1.54, 1.807) is 43.3 Å². The van der Waals surface area contributed by atoms with Crippen molar-refractivity contribution < 1.29 is 24.2 Å². The van der Waals surface area contributed by atoms with Gasteiger partial charge in [0.25, 0.3) is 11.8 Å². The van der Waals surface area contributed by atoms with E-state index >= 15 is 0 Å². The molecule has 4 aromatic rings. The average molecular weight is 546 g/mol. The molecule has 1 heterocycles. The van der Waals surface area contributed by atoms with Crippen LogP contribution in [0.5, 0.6) is 11.5 Å². The highest BCUT2D eigenvalue weighted by atomic mass is 32.1. The van der Waals surface area contributed by atoms with Crippen molar-refractivity contribution in [1.29, 1.82) is 0 Å². The maximum Gasteiger partial charge on any atom is 0.273 e. The first kappa shape index (κ1) is 27.1. The summed E-state index contributed by atoms with van der Waals surface area (Å²) in [4.78, 5) is 41.1. The number of phenols is 1. The van der Waals surface area contributed by atoms with Crippen LogP contribution in [0.15, 0.2) is 78.9 Å². The first-order chi connectivity index (χ1) is 18.8. The monoisotopic (exact) mass is 545 g/mol. The molecule has 0 spiro atoms. The SMILES string of the molecule is CCOc1ccccc1N(C(=O)c1snc(C(N)=O)c1N)[C@H](C(=O)NCc1ccccc1)c1ccc(O)cc1. The zero-order valence-corrected chi connectivity index (χ0v) is 21.9. The minimum atomic E-state index is -1.22. The molecule has 10 nitrogen and oxygen atoms in total. The van der Waals surface area contributed by atoms with Gasteiger partial charge < -0.3 is 26.6 Å². The molecule has 0 saturated heterocycles. The van der Waals surface area contributed by atoms with Crippen LogP contribution in [0.2, 0.25) is 0 Å². The van der Waals surface area contributed by atoms with Crippen molar-refractivity contribution in [3.63, 3.8) is 0 Å². The molecule has 0 aliphatic carbocycles. The highest BCUT2D eigenvalue weighted by molar-refractivity contribution is 7.09. The molecule has 0 fully saturated rings. The van der Waals surface area contributed by atoms with Crippen molar-refractivity contribution in [3.05, 3.63) is 101 Å². The van der Waals surface area contributed by atoms with E-state index in [2.05, 4.69) is 9.69 Å². The van der Waals surface area contributed by atoms with Gasteiger partial charge in [0.1, 0.15) is 22.4 Å². The largest absolute Gasteiger partial charge is 0.508 e. The van der Waals surface area contributed by atoms with Gasteiger partial charge in [0.05, 0.1) is 18.0 Å². The molecule has 4 rings (SSSR count). The molecule has 200 valence electrons. The number of primary amides is 1. The number of phenolic OH excluding ortho intramolecular Hbond substituents is 1. The van der Waals surface area contributed by atoms with E-state index in [4.69, 9.17) is 16.2 Å². The molecule has 0 aliphatic heterocycles. The number of nitrogens with one attached hydrogen (secondary N) is 1. The van der Waals surface area contributed by atoms with E-state index in [9.17, 15) is 19.5 Å². The maximum absolute atomic E-state index is 14.2. The number of nitrogens with zero attached hydrogens (tertiary/aromatic N) is 2. The highest BCUT2D eigenvalue weighted by Gasteiger charge is 2.37. The smallest absolute Gasteiger partial charge is 0.273 e. The van der Waals surface area contributed by atoms with Gasteiger partial charge >= 0.3 is 0 Å². The molecule has 0 saturated carbocycles. The van der Waals surface area contributed by atoms with Crippen molar-refractivity contribution in [1.82, 2.24) is 9.69 Å². The summed E-state index contributed by atoms with van der Waals surface area (Å²) in [6.07, 6.45) is 0. The molecule has 0 radical (unpaired) electrons. The lowest BCUT2D eigenvalue weighted by atomic mass is 10.0. The van der Waals surface area contributed by atoms with Crippen LogP contribution < -0.4 is 26.4 Å². The molecule has 1 aromatic heterocycles. The Morgan fingerprint density at radius 2 is 1.69 bits per heavy atom. The summed E-state index contributed by atoms with van der Waals surface area (Å²) in [7, 11) is 0. The van der Waals surface area contributed by atoms with Crippen molar-refractivity contribution in [2.24, 2.45) is 5.73 Å². The maximum atomic E-state index is 14.2. The van der Waals surface area contributed by atoms with Crippen molar-refractivity contribution in [2.75, 3.05) is 17.2 Å². The van der Waals surface area contributed by atoms with Crippen molar-refractivity contribution in [2.45, 2.75) is 19.5 Å². The quantitative estimate of drug-likeness (QED) is 0.237. The van der Waals surface area contributed by atoms with E-state index in [-0.39, 0.29) is 28.6 Å². The fourth-order valence-electron chi connectivity index (χ4n) is 3.99. The summed E-state index contributed by atoms with van der Waals surface area (Å²) in [5.74, 6) is -1.71. The van der Waals surface area contributed by atoms with E-state index in [1.165, 1.54) is 17.0 Å². The number of anilines is 2. The van der Waals surface area contributed by atoms with Gasteiger partial charge in [0.15, 0.2) is 5.69 Å². The predicted molar refractivity (Wildman–Crippen MR) is 149 cm³/mol. The lowest BCUT2D eigenvalue weighted by Crippen LogP contribution is -2.44. The van der Waals surface area contributed by atoms with Crippen LogP contribution in [0, 0.1) is 0 Å². The van der Waals surface area contributed by atoms with Crippen LogP contribution in [0.3, 0.4) is 0 Å². The van der Waals surface area contributed by atoms with Gasteiger partial charge in [-0.3, -0.25) is 19.3 Å². The second kappa shape index (κ2) is 12.1. The number of aromatic hydroxyl groups is 1. The third kappa shape index (κ3) is 5.99.